The van der Waals surface area contributed by atoms with Crippen molar-refractivity contribution in [1.29, 1.82) is 0 Å². The van der Waals surface area contributed by atoms with Gasteiger partial charge in [0.1, 0.15) is 0 Å². The van der Waals surface area contributed by atoms with Crippen LogP contribution in [-0.2, 0) is 7.05 Å². The summed E-state index contributed by atoms with van der Waals surface area (Å²) in [7, 11) is 1.93. The average molecular weight is 267 g/mol. The fourth-order valence-corrected chi connectivity index (χ4v) is 2.53. The third-order valence-electron chi connectivity index (χ3n) is 3.74. The first-order valence-electron chi connectivity index (χ1n) is 6.50. The molecule has 1 unspecified atom stereocenters. The summed E-state index contributed by atoms with van der Waals surface area (Å²) in [5.41, 5.74) is 7.14. The van der Waals surface area contributed by atoms with Crippen molar-refractivity contribution in [3.63, 3.8) is 0 Å². The van der Waals surface area contributed by atoms with Gasteiger partial charge in [0.25, 0.3) is 0 Å². The van der Waals surface area contributed by atoms with Gasteiger partial charge in [-0.2, -0.15) is 5.10 Å². The number of nitrogens with zero attached hydrogens (tertiary/aromatic N) is 3. The molecule has 2 heterocycles. The van der Waals surface area contributed by atoms with Gasteiger partial charge in [0.15, 0.2) is 0 Å². The molecule has 3 N–H and O–H groups in total. The van der Waals surface area contributed by atoms with E-state index < -0.39 is 0 Å². The average Bonchev–Trinajstić information content (AvgIpc) is 2.81. The Balaban J connectivity index is 2.19. The lowest BCUT2D eigenvalue weighted by Gasteiger charge is -2.18. The third-order valence-corrected chi connectivity index (χ3v) is 3.74. The summed E-state index contributed by atoms with van der Waals surface area (Å²) < 4.78 is 1.85. The molecule has 1 aromatic carbocycles. The van der Waals surface area contributed by atoms with Crippen molar-refractivity contribution in [2.24, 2.45) is 12.9 Å². The highest BCUT2D eigenvalue weighted by Gasteiger charge is 2.19. The second-order valence-corrected chi connectivity index (χ2v) is 4.83. The van der Waals surface area contributed by atoms with Crippen LogP contribution in [0.1, 0.15) is 22.9 Å². The summed E-state index contributed by atoms with van der Waals surface area (Å²) in [6.07, 6.45) is 3.65. The van der Waals surface area contributed by atoms with Crippen molar-refractivity contribution >= 4 is 10.9 Å². The number of hydrogen-bond donors (Lipinski definition) is 2. The molecule has 0 aliphatic heterocycles. The Morgan fingerprint density at radius 1 is 1.20 bits per heavy atom. The zero-order valence-corrected chi connectivity index (χ0v) is 11.5. The van der Waals surface area contributed by atoms with Crippen molar-refractivity contribution in [2.45, 2.75) is 13.0 Å². The molecule has 1 atom stereocenters. The number of aryl methyl sites for hydroxylation is 1. The molecule has 0 amide bonds. The second kappa shape index (κ2) is 5.03. The highest BCUT2D eigenvalue weighted by atomic mass is 15.3. The highest BCUT2D eigenvalue weighted by Crippen LogP contribution is 2.29. The Kier molecular flexibility index (Phi) is 3.22. The number of fused-ring (bicyclic) bond motifs is 1. The molecule has 102 valence electrons. The van der Waals surface area contributed by atoms with Gasteiger partial charge in [-0.1, -0.05) is 18.2 Å². The van der Waals surface area contributed by atoms with E-state index in [-0.39, 0.29) is 6.04 Å². The summed E-state index contributed by atoms with van der Waals surface area (Å²) >= 11 is 0. The number of pyridine rings is 1. The quantitative estimate of drug-likeness (QED) is 0.561. The Morgan fingerprint density at radius 2 is 2.05 bits per heavy atom. The van der Waals surface area contributed by atoms with Gasteiger partial charge < -0.3 is 0 Å². The van der Waals surface area contributed by atoms with E-state index in [4.69, 9.17) is 5.84 Å². The van der Waals surface area contributed by atoms with E-state index in [0.717, 1.165) is 27.7 Å². The van der Waals surface area contributed by atoms with E-state index in [2.05, 4.69) is 27.6 Å². The molecule has 3 aromatic rings. The summed E-state index contributed by atoms with van der Waals surface area (Å²) in [4.78, 5) is 4.39. The summed E-state index contributed by atoms with van der Waals surface area (Å²) in [5.74, 6) is 5.80. The molecular formula is C15H17N5. The van der Waals surface area contributed by atoms with Gasteiger partial charge in [-0.05, 0) is 24.6 Å². The summed E-state index contributed by atoms with van der Waals surface area (Å²) in [5, 5.41) is 5.39. The van der Waals surface area contributed by atoms with Crippen LogP contribution in [0.15, 0.2) is 42.7 Å². The van der Waals surface area contributed by atoms with Crippen molar-refractivity contribution in [3.05, 3.63) is 59.5 Å². The molecule has 0 aliphatic rings. The fraction of sp³-hybridized carbons (Fsp3) is 0.200. The molecule has 20 heavy (non-hydrogen) atoms. The molecule has 3 rings (SSSR count). The monoisotopic (exact) mass is 267 g/mol. The van der Waals surface area contributed by atoms with Crippen molar-refractivity contribution in [1.82, 2.24) is 20.2 Å². The molecule has 2 aromatic heterocycles. The Bertz CT molecular complexity index is 742. The Hall–Kier alpha value is -2.24. The van der Waals surface area contributed by atoms with E-state index in [1.807, 2.05) is 43.0 Å². The minimum atomic E-state index is -0.100. The van der Waals surface area contributed by atoms with Crippen LogP contribution in [0.4, 0.5) is 0 Å². The molecule has 0 bridgehead atoms. The van der Waals surface area contributed by atoms with Crippen LogP contribution in [0.3, 0.4) is 0 Å². The Morgan fingerprint density at radius 3 is 2.75 bits per heavy atom. The fourth-order valence-electron chi connectivity index (χ4n) is 2.53. The van der Waals surface area contributed by atoms with E-state index in [0.29, 0.717) is 0 Å². The van der Waals surface area contributed by atoms with Gasteiger partial charge in [0, 0.05) is 29.9 Å². The number of nitrogens with two attached hydrogens (primary N) is 1. The lowest BCUT2D eigenvalue weighted by atomic mass is 9.96. The summed E-state index contributed by atoms with van der Waals surface area (Å²) in [6.45, 7) is 2.04. The zero-order chi connectivity index (χ0) is 14.1. The third kappa shape index (κ3) is 1.97. The molecular weight excluding hydrogens is 250 g/mol. The van der Waals surface area contributed by atoms with Crippen molar-refractivity contribution < 1.29 is 0 Å². The van der Waals surface area contributed by atoms with Crippen molar-refractivity contribution in [3.8, 4) is 0 Å². The van der Waals surface area contributed by atoms with Gasteiger partial charge in [0.05, 0.1) is 17.8 Å². The maximum absolute atomic E-state index is 5.80. The van der Waals surface area contributed by atoms with Crippen molar-refractivity contribution in [2.75, 3.05) is 0 Å². The van der Waals surface area contributed by atoms with Gasteiger partial charge >= 0.3 is 0 Å². The van der Waals surface area contributed by atoms with Gasteiger partial charge in [-0.3, -0.25) is 15.5 Å². The summed E-state index contributed by atoms with van der Waals surface area (Å²) in [6, 6.07) is 9.98. The Labute approximate surface area is 117 Å². The number of benzene rings is 1. The molecule has 0 fully saturated rings. The maximum Gasteiger partial charge on any atom is 0.0749 e. The lowest BCUT2D eigenvalue weighted by Crippen LogP contribution is -2.29. The number of hydrazine groups is 1. The van der Waals surface area contributed by atoms with Crippen LogP contribution in [0.2, 0.25) is 0 Å². The topological polar surface area (TPSA) is 68.8 Å². The van der Waals surface area contributed by atoms with Crippen LogP contribution < -0.4 is 11.3 Å². The largest absolute Gasteiger partial charge is 0.273 e. The SMILES string of the molecule is Cc1c(C(NN)c2cccc3ncccc23)cnn1C. The van der Waals surface area contributed by atoms with Gasteiger partial charge in [-0.15, -0.1) is 0 Å². The maximum atomic E-state index is 5.80. The van der Waals surface area contributed by atoms with Crippen LogP contribution in [-0.4, -0.2) is 14.8 Å². The molecule has 5 nitrogen and oxygen atoms in total. The smallest absolute Gasteiger partial charge is 0.0749 e. The zero-order valence-electron chi connectivity index (χ0n) is 11.5. The first-order chi connectivity index (χ1) is 9.72. The molecule has 5 heteroatoms. The standard InChI is InChI=1S/C15H17N5/c1-10-13(9-18-20(10)2)15(19-16)12-5-3-7-14-11(12)6-4-8-17-14/h3-9,15,19H,16H2,1-2H3. The van der Waals surface area contributed by atoms with Crippen LogP contribution in [0.25, 0.3) is 10.9 Å². The molecule has 0 radical (unpaired) electrons. The van der Waals surface area contributed by atoms with Gasteiger partial charge in [-0.25, -0.2) is 5.43 Å². The van der Waals surface area contributed by atoms with Crippen LogP contribution >= 0.6 is 0 Å². The predicted octanol–water partition coefficient (Wildman–Crippen LogP) is 1.83. The number of aromatic nitrogens is 3. The van der Waals surface area contributed by atoms with Crippen LogP contribution in [0, 0.1) is 6.92 Å². The number of hydrogen-bond acceptors (Lipinski definition) is 4. The molecule has 0 saturated heterocycles. The molecule has 0 spiro atoms. The van der Waals surface area contributed by atoms with E-state index in [9.17, 15) is 0 Å². The minimum absolute atomic E-state index is 0.100. The van der Waals surface area contributed by atoms with Crippen LogP contribution in [0.5, 0.6) is 0 Å². The second-order valence-electron chi connectivity index (χ2n) is 4.83. The first-order valence-corrected chi connectivity index (χ1v) is 6.50. The number of rotatable bonds is 3. The minimum Gasteiger partial charge on any atom is -0.273 e. The first kappa shape index (κ1) is 12.8. The predicted molar refractivity (Wildman–Crippen MR) is 78.9 cm³/mol. The van der Waals surface area contributed by atoms with E-state index >= 15 is 0 Å². The number of nitrogens with one attached hydrogen (secondary N) is 1. The van der Waals surface area contributed by atoms with E-state index in [1.54, 1.807) is 6.20 Å². The van der Waals surface area contributed by atoms with E-state index in [1.165, 1.54) is 0 Å². The normalized spacial score (nSPS) is 12.8. The molecule has 0 saturated carbocycles. The molecule has 0 aliphatic carbocycles. The lowest BCUT2D eigenvalue weighted by molar-refractivity contribution is 0.634. The van der Waals surface area contributed by atoms with Gasteiger partial charge in [0.2, 0.25) is 0 Å². The highest BCUT2D eigenvalue weighted by molar-refractivity contribution is 5.83.